The van der Waals surface area contributed by atoms with Crippen molar-refractivity contribution in [1.82, 2.24) is 0 Å². The number of aliphatic hydroxyl groups excluding tert-OH is 3. The van der Waals surface area contributed by atoms with Gasteiger partial charge in [-0.25, -0.2) is 0 Å². The first-order valence-corrected chi connectivity index (χ1v) is 7.41. The van der Waals surface area contributed by atoms with Gasteiger partial charge in [-0.2, -0.15) is 0 Å². The second kappa shape index (κ2) is 7.62. The molecule has 4 nitrogen and oxygen atoms in total. The van der Waals surface area contributed by atoms with Gasteiger partial charge in [-0.15, -0.1) is 0 Å². The van der Waals surface area contributed by atoms with Gasteiger partial charge in [0, 0.05) is 11.1 Å². The van der Waals surface area contributed by atoms with Crippen LogP contribution in [0.25, 0.3) is 0 Å². The maximum atomic E-state index is 9.54. The molecule has 1 aromatic rings. The fourth-order valence-electron chi connectivity index (χ4n) is 3.02. The van der Waals surface area contributed by atoms with Crippen molar-refractivity contribution in [3.63, 3.8) is 0 Å². The molecule has 0 amide bonds. The minimum Gasteiger partial charge on any atom is -0.490 e. The molecule has 3 N–H and O–H groups in total. The number of benzene rings is 1. The highest BCUT2D eigenvalue weighted by Crippen LogP contribution is 2.36. The fraction of sp³-hybridized carbons (Fsp3) is 0.625. The van der Waals surface area contributed by atoms with Gasteiger partial charge in [0.15, 0.2) is 0 Å². The molecule has 1 aliphatic rings. The molecular weight excluding hydrogens is 256 g/mol. The lowest BCUT2D eigenvalue weighted by Gasteiger charge is -2.24. The number of hydrogen-bond donors (Lipinski definition) is 3. The number of hydrogen-bond acceptors (Lipinski definition) is 4. The summed E-state index contributed by atoms with van der Waals surface area (Å²) in [5.74, 6) is 1.04. The molecule has 0 radical (unpaired) electrons. The molecule has 0 saturated heterocycles. The van der Waals surface area contributed by atoms with Crippen molar-refractivity contribution in [2.24, 2.45) is 0 Å². The Labute approximate surface area is 120 Å². The van der Waals surface area contributed by atoms with Crippen LogP contribution in [0.2, 0.25) is 0 Å². The fourth-order valence-corrected chi connectivity index (χ4v) is 3.02. The summed E-state index contributed by atoms with van der Waals surface area (Å²) in [4.78, 5) is 0. The molecule has 0 spiro atoms. The van der Waals surface area contributed by atoms with E-state index in [4.69, 9.17) is 9.84 Å². The third-order valence-electron chi connectivity index (χ3n) is 4.02. The minimum atomic E-state index is -0.117. The zero-order valence-electron chi connectivity index (χ0n) is 11.8. The van der Waals surface area contributed by atoms with E-state index < -0.39 is 0 Å². The average Bonchev–Trinajstić information content (AvgIpc) is 2.52. The third kappa shape index (κ3) is 3.51. The molecule has 20 heavy (non-hydrogen) atoms. The lowest BCUT2D eigenvalue weighted by molar-refractivity contribution is 0.190. The summed E-state index contributed by atoms with van der Waals surface area (Å²) in [5, 5.41) is 27.9. The van der Waals surface area contributed by atoms with Crippen molar-refractivity contribution in [1.29, 1.82) is 0 Å². The quantitative estimate of drug-likeness (QED) is 0.746. The summed E-state index contributed by atoms with van der Waals surface area (Å²) in [6.45, 7) is -0.147. The molecule has 1 aromatic carbocycles. The van der Waals surface area contributed by atoms with E-state index >= 15 is 0 Å². The maximum Gasteiger partial charge on any atom is 0.130 e. The Morgan fingerprint density at radius 3 is 2.05 bits per heavy atom. The van der Waals surface area contributed by atoms with Crippen LogP contribution in [0, 0.1) is 0 Å². The first kappa shape index (κ1) is 15.3. The molecule has 0 heterocycles. The second-order valence-electron chi connectivity index (χ2n) is 5.39. The lowest BCUT2D eigenvalue weighted by atomic mass is 9.83. The van der Waals surface area contributed by atoms with Crippen LogP contribution in [0.15, 0.2) is 12.1 Å². The smallest absolute Gasteiger partial charge is 0.130 e. The topological polar surface area (TPSA) is 69.9 Å². The van der Waals surface area contributed by atoms with Gasteiger partial charge in [0.2, 0.25) is 0 Å². The molecular formula is C16H24O4. The van der Waals surface area contributed by atoms with Crippen LogP contribution >= 0.6 is 0 Å². The summed E-state index contributed by atoms with van der Waals surface area (Å²) in [7, 11) is 0. The van der Waals surface area contributed by atoms with E-state index in [1.165, 1.54) is 37.7 Å². The monoisotopic (exact) mass is 280 g/mol. The van der Waals surface area contributed by atoms with Crippen molar-refractivity contribution < 1.29 is 20.1 Å². The van der Waals surface area contributed by atoms with Gasteiger partial charge in [0.05, 0.1) is 19.8 Å². The van der Waals surface area contributed by atoms with E-state index in [1.807, 2.05) is 12.1 Å². The normalized spacial score (nSPS) is 16.4. The molecule has 112 valence electrons. The SMILES string of the molecule is OCCOc1c(CO)cc(C2CCCCC2)cc1CO. The van der Waals surface area contributed by atoms with E-state index in [0.717, 1.165) is 0 Å². The number of rotatable bonds is 6. The molecule has 0 unspecified atom stereocenters. The van der Waals surface area contributed by atoms with Crippen molar-refractivity contribution in [3.8, 4) is 5.75 Å². The van der Waals surface area contributed by atoms with Gasteiger partial charge in [0.1, 0.15) is 12.4 Å². The van der Waals surface area contributed by atoms with Gasteiger partial charge >= 0.3 is 0 Å². The first-order chi connectivity index (χ1) is 9.80. The Balaban J connectivity index is 2.30. The van der Waals surface area contributed by atoms with Crippen LogP contribution in [-0.4, -0.2) is 28.5 Å². The van der Waals surface area contributed by atoms with Crippen molar-refractivity contribution in [3.05, 3.63) is 28.8 Å². The van der Waals surface area contributed by atoms with Crippen LogP contribution in [0.3, 0.4) is 0 Å². The Hall–Kier alpha value is -1.10. The molecule has 1 fully saturated rings. The Kier molecular flexibility index (Phi) is 5.83. The van der Waals surface area contributed by atoms with E-state index in [9.17, 15) is 10.2 Å². The van der Waals surface area contributed by atoms with Gasteiger partial charge in [-0.05, 0) is 36.5 Å². The van der Waals surface area contributed by atoms with Crippen LogP contribution in [-0.2, 0) is 13.2 Å². The Bertz CT molecular complexity index is 399. The van der Waals surface area contributed by atoms with Crippen molar-refractivity contribution >= 4 is 0 Å². The van der Waals surface area contributed by atoms with Crippen LogP contribution in [0.5, 0.6) is 5.75 Å². The predicted molar refractivity (Wildman–Crippen MR) is 76.7 cm³/mol. The highest BCUT2D eigenvalue weighted by Gasteiger charge is 2.19. The first-order valence-electron chi connectivity index (χ1n) is 7.41. The number of aliphatic hydroxyl groups is 3. The standard InChI is InChI=1S/C16H24O4/c17-6-7-20-16-14(10-18)8-13(9-15(16)11-19)12-4-2-1-3-5-12/h8-9,12,17-19H,1-7,10-11H2. The van der Waals surface area contributed by atoms with Crippen LogP contribution in [0.4, 0.5) is 0 Å². The van der Waals surface area contributed by atoms with Crippen LogP contribution < -0.4 is 4.74 Å². The third-order valence-corrected chi connectivity index (χ3v) is 4.02. The van der Waals surface area contributed by atoms with Crippen molar-refractivity contribution in [2.45, 2.75) is 51.2 Å². The zero-order valence-corrected chi connectivity index (χ0v) is 11.8. The summed E-state index contributed by atoms with van der Waals surface area (Å²) in [5.41, 5.74) is 2.59. The summed E-state index contributed by atoms with van der Waals surface area (Å²) >= 11 is 0. The summed E-state index contributed by atoms with van der Waals surface area (Å²) in [6, 6.07) is 3.98. The van der Waals surface area contributed by atoms with Gasteiger partial charge < -0.3 is 20.1 Å². The predicted octanol–water partition coefficient (Wildman–Crippen LogP) is 2.09. The molecule has 2 rings (SSSR count). The molecule has 1 saturated carbocycles. The summed E-state index contributed by atoms with van der Waals surface area (Å²) in [6.07, 6.45) is 6.14. The minimum absolute atomic E-state index is 0.0832. The summed E-state index contributed by atoms with van der Waals surface area (Å²) < 4.78 is 5.47. The molecule has 0 aliphatic heterocycles. The van der Waals surface area contributed by atoms with Gasteiger partial charge in [-0.3, -0.25) is 0 Å². The van der Waals surface area contributed by atoms with E-state index in [0.29, 0.717) is 22.8 Å². The van der Waals surface area contributed by atoms with Gasteiger partial charge in [0.25, 0.3) is 0 Å². The van der Waals surface area contributed by atoms with Crippen LogP contribution in [0.1, 0.15) is 54.7 Å². The number of ether oxygens (including phenoxy) is 1. The molecule has 4 heteroatoms. The molecule has 0 bridgehead atoms. The van der Waals surface area contributed by atoms with E-state index in [-0.39, 0.29) is 26.4 Å². The molecule has 1 aliphatic carbocycles. The lowest BCUT2D eigenvalue weighted by Crippen LogP contribution is -2.10. The second-order valence-corrected chi connectivity index (χ2v) is 5.39. The van der Waals surface area contributed by atoms with E-state index in [2.05, 4.69) is 0 Å². The Morgan fingerprint density at radius 2 is 1.55 bits per heavy atom. The van der Waals surface area contributed by atoms with Gasteiger partial charge in [-0.1, -0.05) is 19.3 Å². The maximum absolute atomic E-state index is 9.54. The van der Waals surface area contributed by atoms with Crippen molar-refractivity contribution in [2.75, 3.05) is 13.2 Å². The molecule has 0 aromatic heterocycles. The zero-order chi connectivity index (χ0) is 14.4. The Morgan fingerprint density at radius 1 is 0.950 bits per heavy atom. The highest BCUT2D eigenvalue weighted by molar-refractivity contribution is 5.45. The molecule has 0 atom stereocenters. The van der Waals surface area contributed by atoms with E-state index in [1.54, 1.807) is 0 Å². The largest absolute Gasteiger partial charge is 0.490 e. The average molecular weight is 280 g/mol. The highest BCUT2D eigenvalue weighted by atomic mass is 16.5.